The van der Waals surface area contributed by atoms with Gasteiger partial charge in [-0.25, -0.2) is 8.42 Å². The van der Waals surface area contributed by atoms with E-state index >= 15 is 0 Å². The Bertz CT molecular complexity index is 1270. The van der Waals surface area contributed by atoms with Crippen molar-refractivity contribution in [2.75, 3.05) is 16.2 Å². The lowest BCUT2D eigenvalue weighted by atomic mass is 10.2. The van der Waals surface area contributed by atoms with Gasteiger partial charge in [-0.3, -0.25) is 9.10 Å². The third-order valence-corrected chi connectivity index (χ3v) is 6.55. The van der Waals surface area contributed by atoms with Gasteiger partial charge in [0.1, 0.15) is 5.75 Å². The fourth-order valence-electron chi connectivity index (χ4n) is 2.99. The van der Waals surface area contributed by atoms with E-state index in [9.17, 15) is 22.0 Å². The Kier molecular flexibility index (Phi) is 7.67. The predicted octanol–water partition coefficient (Wildman–Crippen LogP) is 5.58. The van der Waals surface area contributed by atoms with Crippen LogP contribution in [0.15, 0.2) is 90.3 Å². The molecule has 0 bridgehead atoms. The number of carbonyl (C=O) groups excluding carboxylic acids is 1. The highest BCUT2D eigenvalue weighted by atomic mass is 35.5. The van der Waals surface area contributed by atoms with Crippen molar-refractivity contribution in [3.8, 4) is 5.75 Å². The van der Waals surface area contributed by atoms with E-state index in [-0.39, 0.29) is 39.2 Å². The molecule has 1 amide bonds. The average Bonchev–Trinajstić information content (AvgIpc) is 2.79. The minimum atomic E-state index is -4.12. The first-order valence-electron chi connectivity index (χ1n) is 9.57. The number of benzene rings is 3. The monoisotopic (exact) mass is 492 g/mol. The van der Waals surface area contributed by atoms with Crippen LogP contribution in [0, 0.1) is 0 Å². The molecule has 0 atom stereocenters. The molecule has 1 N–H and O–H groups in total. The summed E-state index contributed by atoms with van der Waals surface area (Å²) in [6.07, 6.45) is 1.41. The predicted molar refractivity (Wildman–Crippen MR) is 124 cm³/mol. The second-order valence-electron chi connectivity index (χ2n) is 6.63. The van der Waals surface area contributed by atoms with Gasteiger partial charge in [0, 0.05) is 5.56 Å². The van der Waals surface area contributed by atoms with Crippen LogP contribution in [-0.4, -0.2) is 27.5 Å². The maximum absolute atomic E-state index is 13.4. The first kappa shape index (κ1) is 24.2. The number of anilines is 2. The van der Waals surface area contributed by atoms with Crippen LogP contribution in [0.1, 0.15) is 10.4 Å². The number of hydrogen-bond acceptors (Lipinski definition) is 4. The highest BCUT2D eigenvalue weighted by Crippen LogP contribution is 2.31. The Morgan fingerprint density at radius 1 is 1.09 bits per heavy atom. The molecule has 3 aromatic rings. The number of para-hydroxylation sites is 3. The van der Waals surface area contributed by atoms with Gasteiger partial charge in [0.15, 0.2) is 0 Å². The molecule has 0 saturated heterocycles. The van der Waals surface area contributed by atoms with Crippen LogP contribution < -0.4 is 14.4 Å². The smallest absolute Gasteiger partial charge is 0.387 e. The van der Waals surface area contributed by atoms with Gasteiger partial charge in [-0.1, -0.05) is 48.0 Å². The SMILES string of the molecule is C=CCN(c1ccccc1Cl)S(=O)(=O)c1cccc(C(=O)Nc2ccccc2OC(F)F)c1. The highest BCUT2D eigenvalue weighted by Gasteiger charge is 2.26. The fourth-order valence-corrected chi connectivity index (χ4v) is 4.77. The molecular formula is C23H19ClF2N2O4S. The molecule has 172 valence electrons. The molecule has 0 heterocycles. The van der Waals surface area contributed by atoms with E-state index in [1.807, 2.05) is 0 Å². The zero-order valence-corrected chi connectivity index (χ0v) is 18.7. The largest absolute Gasteiger partial charge is 0.433 e. The maximum atomic E-state index is 13.4. The first-order valence-corrected chi connectivity index (χ1v) is 11.4. The fraction of sp³-hybridized carbons (Fsp3) is 0.0870. The summed E-state index contributed by atoms with van der Waals surface area (Å²) in [6, 6.07) is 17.4. The van der Waals surface area contributed by atoms with Gasteiger partial charge < -0.3 is 10.1 Å². The van der Waals surface area contributed by atoms with Crippen LogP contribution in [0.4, 0.5) is 20.2 Å². The van der Waals surface area contributed by atoms with Crippen LogP contribution in [-0.2, 0) is 10.0 Å². The molecule has 10 heteroatoms. The zero-order valence-electron chi connectivity index (χ0n) is 17.1. The molecule has 3 aromatic carbocycles. The maximum Gasteiger partial charge on any atom is 0.387 e. The number of rotatable bonds is 9. The number of halogens is 3. The Morgan fingerprint density at radius 3 is 2.48 bits per heavy atom. The molecule has 0 unspecified atom stereocenters. The van der Waals surface area contributed by atoms with E-state index in [0.717, 1.165) is 4.31 Å². The van der Waals surface area contributed by atoms with E-state index in [4.69, 9.17) is 11.6 Å². The number of ether oxygens (including phenoxy) is 1. The number of sulfonamides is 1. The number of alkyl halides is 2. The normalized spacial score (nSPS) is 11.2. The van der Waals surface area contributed by atoms with Gasteiger partial charge in [-0.2, -0.15) is 8.78 Å². The van der Waals surface area contributed by atoms with Gasteiger partial charge in [-0.15, -0.1) is 6.58 Å². The highest BCUT2D eigenvalue weighted by molar-refractivity contribution is 7.92. The molecule has 0 saturated carbocycles. The second kappa shape index (κ2) is 10.5. The van der Waals surface area contributed by atoms with Gasteiger partial charge in [0.25, 0.3) is 15.9 Å². The minimum Gasteiger partial charge on any atom is -0.433 e. The number of nitrogens with zero attached hydrogens (tertiary/aromatic N) is 1. The molecule has 0 aliphatic carbocycles. The van der Waals surface area contributed by atoms with E-state index in [0.29, 0.717) is 0 Å². The molecule has 6 nitrogen and oxygen atoms in total. The summed E-state index contributed by atoms with van der Waals surface area (Å²) in [4.78, 5) is 12.6. The number of nitrogens with one attached hydrogen (secondary N) is 1. The Hall–Kier alpha value is -3.43. The molecular weight excluding hydrogens is 474 g/mol. The molecule has 0 aliphatic rings. The van der Waals surface area contributed by atoms with Crippen LogP contribution in [0.25, 0.3) is 0 Å². The number of hydrogen-bond donors (Lipinski definition) is 1. The summed E-state index contributed by atoms with van der Waals surface area (Å²) in [5, 5.41) is 2.69. The first-order chi connectivity index (χ1) is 15.7. The molecule has 0 radical (unpaired) electrons. The van der Waals surface area contributed by atoms with Crippen molar-refractivity contribution in [2.24, 2.45) is 0 Å². The van der Waals surface area contributed by atoms with Crippen molar-refractivity contribution >= 4 is 38.9 Å². The number of amides is 1. The summed E-state index contributed by atoms with van der Waals surface area (Å²) < 4.78 is 57.5. The van der Waals surface area contributed by atoms with Crippen molar-refractivity contribution in [1.29, 1.82) is 0 Å². The average molecular weight is 493 g/mol. The zero-order chi connectivity index (χ0) is 24.0. The lowest BCUT2D eigenvalue weighted by Crippen LogP contribution is -2.31. The van der Waals surface area contributed by atoms with E-state index < -0.39 is 22.5 Å². The number of carbonyl (C=O) groups is 1. The topological polar surface area (TPSA) is 75.7 Å². The molecule has 0 fully saturated rings. The van der Waals surface area contributed by atoms with Crippen molar-refractivity contribution in [1.82, 2.24) is 0 Å². The van der Waals surface area contributed by atoms with Crippen molar-refractivity contribution in [3.63, 3.8) is 0 Å². The van der Waals surface area contributed by atoms with E-state index in [1.54, 1.807) is 24.3 Å². The van der Waals surface area contributed by atoms with E-state index in [1.165, 1.54) is 54.6 Å². The van der Waals surface area contributed by atoms with Crippen molar-refractivity contribution < 1.29 is 26.7 Å². The standard InChI is InChI=1S/C23H19ClF2N2O4S/c1-2-14-28(20-12-5-3-10-18(20)24)33(30,31)17-9-7-8-16(15-17)22(29)27-19-11-4-6-13-21(19)32-23(25)26/h2-13,15,23H,1,14H2,(H,27,29). The Labute approximate surface area is 195 Å². The third-order valence-electron chi connectivity index (χ3n) is 4.45. The lowest BCUT2D eigenvalue weighted by molar-refractivity contribution is -0.0493. The lowest BCUT2D eigenvalue weighted by Gasteiger charge is -2.24. The van der Waals surface area contributed by atoms with Crippen LogP contribution in [0.3, 0.4) is 0 Å². The van der Waals surface area contributed by atoms with Crippen molar-refractivity contribution in [2.45, 2.75) is 11.5 Å². The molecule has 0 aromatic heterocycles. The van der Waals surface area contributed by atoms with Crippen LogP contribution in [0.5, 0.6) is 5.75 Å². The van der Waals surface area contributed by atoms with E-state index in [2.05, 4.69) is 16.6 Å². The quantitative estimate of drug-likeness (QED) is 0.396. The summed E-state index contributed by atoms with van der Waals surface area (Å²) >= 11 is 6.20. The third kappa shape index (κ3) is 5.68. The molecule has 33 heavy (non-hydrogen) atoms. The summed E-state index contributed by atoms with van der Waals surface area (Å²) in [6.45, 7) is 0.479. The summed E-state index contributed by atoms with van der Waals surface area (Å²) in [5.41, 5.74) is 0.271. The minimum absolute atomic E-state index is 0.000590. The van der Waals surface area contributed by atoms with Crippen molar-refractivity contribution in [3.05, 3.63) is 96.0 Å². The Balaban J connectivity index is 1.93. The van der Waals surface area contributed by atoms with Gasteiger partial charge in [0.05, 0.1) is 27.8 Å². The second-order valence-corrected chi connectivity index (χ2v) is 8.90. The summed E-state index contributed by atoms with van der Waals surface area (Å²) in [5.74, 6) is -0.925. The molecule has 0 aliphatic heterocycles. The summed E-state index contributed by atoms with van der Waals surface area (Å²) in [7, 11) is -4.12. The Morgan fingerprint density at radius 2 is 1.79 bits per heavy atom. The van der Waals surface area contributed by atoms with Gasteiger partial charge >= 0.3 is 6.61 Å². The van der Waals surface area contributed by atoms with Gasteiger partial charge in [-0.05, 0) is 42.5 Å². The van der Waals surface area contributed by atoms with Gasteiger partial charge in [0.2, 0.25) is 0 Å². The molecule has 0 spiro atoms. The van der Waals surface area contributed by atoms with Crippen LogP contribution in [0.2, 0.25) is 5.02 Å². The molecule has 3 rings (SSSR count). The van der Waals surface area contributed by atoms with Crippen LogP contribution >= 0.6 is 11.6 Å².